The summed E-state index contributed by atoms with van der Waals surface area (Å²) in [5, 5.41) is 0. The van der Waals surface area contributed by atoms with Crippen LogP contribution >= 0.6 is 0 Å². The van der Waals surface area contributed by atoms with Gasteiger partial charge in [0.05, 0.1) is 13.7 Å². The molecule has 0 atom stereocenters. The van der Waals surface area contributed by atoms with Crippen molar-refractivity contribution in [2.75, 3.05) is 20.7 Å². The highest BCUT2D eigenvalue weighted by atomic mass is 16.5. The Morgan fingerprint density at radius 1 is 1.36 bits per heavy atom. The third kappa shape index (κ3) is 1.51. The van der Waals surface area contributed by atoms with E-state index >= 15 is 0 Å². The topological polar surface area (TPSA) is 29.5 Å². The minimum atomic E-state index is 0.174. The Balaban J connectivity index is 2.44. The molecule has 14 heavy (non-hydrogen) atoms. The van der Waals surface area contributed by atoms with Crippen LogP contribution in [0.15, 0.2) is 18.2 Å². The van der Waals surface area contributed by atoms with E-state index in [1.807, 2.05) is 30.1 Å². The van der Waals surface area contributed by atoms with Crippen molar-refractivity contribution in [3.63, 3.8) is 0 Å². The van der Waals surface area contributed by atoms with Gasteiger partial charge in [-0.1, -0.05) is 6.07 Å². The lowest BCUT2D eigenvalue weighted by molar-refractivity contribution is 0.0922. The van der Waals surface area contributed by atoms with E-state index in [1.54, 1.807) is 7.11 Å². The number of hydrogen-bond donors (Lipinski definition) is 0. The summed E-state index contributed by atoms with van der Waals surface area (Å²) in [4.78, 5) is 13.7. The molecule has 1 heterocycles. The molecule has 1 aliphatic rings. The summed E-state index contributed by atoms with van der Waals surface area (Å²) < 4.78 is 5.09. The largest absolute Gasteiger partial charge is 0.497 e. The standard InChI is InChI=1S/C11H13NO2/c1-12-6-8-3-4-9(14-2)5-10(8)11(13)7-12/h3-5H,6-7H2,1-2H3. The van der Waals surface area contributed by atoms with E-state index in [0.29, 0.717) is 6.54 Å². The molecule has 3 heteroatoms. The summed E-state index contributed by atoms with van der Waals surface area (Å²) in [6.07, 6.45) is 0. The van der Waals surface area contributed by atoms with Gasteiger partial charge in [0.2, 0.25) is 0 Å². The first-order chi connectivity index (χ1) is 6.70. The minimum absolute atomic E-state index is 0.174. The van der Waals surface area contributed by atoms with Gasteiger partial charge in [-0.2, -0.15) is 0 Å². The molecule has 0 aromatic heterocycles. The number of carbonyl (C=O) groups excluding carboxylic acids is 1. The van der Waals surface area contributed by atoms with E-state index in [9.17, 15) is 4.79 Å². The molecule has 1 aromatic rings. The lowest BCUT2D eigenvalue weighted by Crippen LogP contribution is -2.31. The molecule has 0 spiro atoms. The fourth-order valence-corrected chi connectivity index (χ4v) is 1.76. The number of fused-ring (bicyclic) bond motifs is 1. The summed E-state index contributed by atoms with van der Waals surface area (Å²) in [5.41, 5.74) is 1.90. The van der Waals surface area contributed by atoms with Crippen molar-refractivity contribution < 1.29 is 9.53 Å². The molecule has 0 radical (unpaired) electrons. The van der Waals surface area contributed by atoms with E-state index in [2.05, 4.69) is 0 Å². The third-order valence-electron chi connectivity index (χ3n) is 2.47. The van der Waals surface area contributed by atoms with Crippen molar-refractivity contribution in [1.82, 2.24) is 4.90 Å². The number of hydrogen-bond acceptors (Lipinski definition) is 3. The summed E-state index contributed by atoms with van der Waals surface area (Å²) >= 11 is 0. The van der Waals surface area contributed by atoms with Crippen LogP contribution in [0, 0.1) is 0 Å². The van der Waals surface area contributed by atoms with Crippen LogP contribution in [0.25, 0.3) is 0 Å². The molecule has 0 unspecified atom stereocenters. The highest BCUT2D eigenvalue weighted by Crippen LogP contribution is 2.22. The average Bonchev–Trinajstić information content (AvgIpc) is 2.17. The van der Waals surface area contributed by atoms with Crippen LogP contribution in [-0.4, -0.2) is 31.4 Å². The van der Waals surface area contributed by atoms with E-state index < -0.39 is 0 Å². The first-order valence-electron chi connectivity index (χ1n) is 4.59. The Hall–Kier alpha value is -1.35. The Morgan fingerprint density at radius 3 is 2.86 bits per heavy atom. The maximum absolute atomic E-state index is 11.7. The van der Waals surface area contributed by atoms with Gasteiger partial charge in [0.15, 0.2) is 5.78 Å². The predicted molar refractivity (Wildman–Crippen MR) is 53.7 cm³/mol. The maximum atomic E-state index is 11.7. The quantitative estimate of drug-likeness (QED) is 0.670. The van der Waals surface area contributed by atoms with E-state index in [4.69, 9.17) is 4.74 Å². The lowest BCUT2D eigenvalue weighted by Gasteiger charge is -2.23. The highest BCUT2D eigenvalue weighted by molar-refractivity contribution is 6.00. The highest BCUT2D eigenvalue weighted by Gasteiger charge is 2.20. The van der Waals surface area contributed by atoms with E-state index in [1.165, 1.54) is 0 Å². The first-order valence-corrected chi connectivity index (χ1v) is 4.59. The fraction of sp³-hybridized carbons (Fsp3) is 0.364. The number of methoxy groups -OCH3 is 1. The number of rotatable bonds is 1. The van der Waals surface area contributed by atoms with Crippen LogP contribution in [0.3, 0.4) is 0 Å². The molecule has 3 nitrogen and oxygen atoms in total. The molecule has 0 fully saturated rings. The molecule has 1 aromatic carbocycles. The zero-order valence-electron chi connectivity index (χ0n) is 8.41. The maximum Gasteiger partial charge on any atom is 0.177 e. The van der Waals surface area contributed by atoms with Crippen molar-refractivity contribution in [1.29, 1.82) is 0 Å². The van der Waals surface area contributed by atoms with Gasteiger partial charge in [-0.05, 0) is 24.7 Å². The third-order valence-corrected chi connectivity index (χ3v) is 2.47. The van der Waals surface area contributed by atoms with Crippen molar-refractivity contribution in [3.05, 3.63) is 29.3 Å². The van der Waals surface area contributed by atoms with Gasteiger partial charge in [-0.15, -0.1) is 0 Å². The van der Waals surface area contributed by atoms with Crippen LogP contribution < -0.4 is 4.74 Å². The second-order valence-corrected chi connectivity index (χ2v) is 3.62. The van der Waals surface area contributed by atoms with Gasteiger partial charge in [0, 0.05) is 12.1 Å². The molecule has 0 amide bonds. The van der Waals surface area contributed by atoms with Gasteiger partial charge >= 0.3 is 0 Å². The normalized spacial score (nSPS) is 16.6. The number of carbonyl (C=O) groups is 1. The van der Waals surface area contributed by atoms with Gasteiger partial charge in [0.1, 0.15) is 5.75 Å². The van der Waals surface area contributed by atoms with Crippen LogP contribution in [-0.2, 0) is 6.54 Å². The van der Waals surface area contributed by atoms with Crippen LogP contribution in [0.4, 0.5) is 0 Å². The van der Waals surface area contributed by atoms with Gasteiger partial charge in [0.25, 0.3) is 0 Å². The van der Waals surface area contributed by atoms with Crippen molar-refractivity contribution in [3.8, 4) is 5.75 Å². The lowest BCUT2D eigenvalue weighted by atomic mass is 9.99. The van der Waals surface area contributed by atoms with Gasteiger partial charge in [-0.3, -0.25) is 9.69 Å². The number of Topliss-reactive ketones (excluding diaryl/α,β-unsaturated/α-hetero) is 1. The van der Waals surface area contributed by atoms with Crippen molar-refractivity contribution in [2.45, 2.75) is 6.54 Å². The number of likely N-dealkylation sites (N-methyl/N-ethyl adjacent to an activating group) is 1. The van der Waals surface area contributed by atoms with Crippen molar-refractivity contribution >= 4 is 5.78 Å². The van der Waals surface area contributed by atoms with Gasteiger partial charge < -0.3 is 4.74 Å². The van der Waals surface area contributed by atoms with E-state index in [0.717, 1.165) is 23.4 Å². The smallest absolute Gasteiger partial charge is 0.177 e. The molecule has 0 bridgehead atoms. The fourth-order valence-electron chi connectivity index (χ4n) is 1.76. The second-order valence-electron chi connectivity index (χ2n) is 3.62. The Bertz CT molecular complexity index is 374. The molecule has 2 rings (SSSR count). The molecule has 0 saturated carbocycles. The number of nitrogens with zero attached hydrogens (tertiary/aromatic N) is 1. The Morgan fingerprint density at radius 2 is 2.14 bits per heavy atom. The molecular formula is C11H13NO2. The summed E-state index contributed by atoms with van der Waals surface area (Å²) in [6, 6.07) is 5.68. The molecule has 0 saturated heterocycles. The zero-order valence-corrected chi connectivity index (χ0v) is 8.41. The van der Waals surface area contributed by atoms with Crippen molar-refractivity contribution in [2.24, 2.45) is 0 Å². The average molecular weight is 191 g/mol. The van der Waals surface area contributed by atoms with Gasteiger partial charge in [-0.25, -0.2) is 0 Å². The van der Waals surface area contributed by atoms with E-state index in [-0.39, 0.29) is 5.78 Å². The Labute approximate surface area is 83.3 Å². The minimum Gasteiger partial charge on any atom is -0.497 e. The molecule has 0 aliphatic carbocycles. The summed E-state index contributed by atoms with van der Waals surface area (Å²) in [5.74, 6) is 0.925. The summed E-state index contributed by atoms with van der Waals surface area (Å²) in [7, 11) is 3.56. The van der Waals surface area contributed by atoms with Crippen LogP contribution in [0.1, 0.15) is 15.9 Å². The second kappa shape index (κ2) is 3.42. The molecule has 1 aliphatic heterocycles. The SMILES string of the molecule is COc1ccc2c(c1)C(=O)CN(C)C2. The summed E-state index contributed by atoms with van der Waals surface area (Å²) in [6.45, 7) is 1.34. The molecule has 74 valence electrons. The monoisotopic (exact) mass is 191 g/mol. The number of ether oxygens (including phenoxy) is 1. The first kappa shape index (κ1) is 9.21. The van der Waals surface area contributed by atoms with Crippen LogP contribution in [0.5, 0.6) is 5.75 Å². The predicted octanol–water partition coefficient (Wildman–Crippen LogP) is 1.32. The number of benzene rings is 1. The zero-order chi connectivity index (χ0) is 10.1. The Kier molecular flexibility index (Phi) is 2.25. The molecule has 0 N–H and O–H groups in total. The van der Waals surface area contributed by atoms with Crippen LogP contribution in [0.2, 0.25) is 0 Å². The number of ketones is 1. The molecular weight excluding hydrogens is 178 g/mol.